The molecule has 0 aromatic carbocycles. The standard InChI is InChI=1S/C23H35ClN4O4/c1-5-32-22-18(12-19(24)15-26-22)13-23(3,4)14-21(30)27-20(16-29)17(2)25-6-7-28-8-10-31-11-9-28/h12,15-16,25H,5-11,13-14H2,1-4H3,(H,27,30)/b20-17+. The Labute approximate surface area is 195 Å². The third kappa shape index (κ3) is 8.76. The quantitative estimate of drug-likeness (QED) is 0.361. The minimum absolute atomic E-state index is 0.223. The van der Waals surface area contributed by atoms with Crippen LogP contribution in [0.25, 0.3) is 0 Å². The average molecular weight is 467 g/mol. The number of pyridine rings is 1. The normalized spacial score (nSPS) is 15.7. The second kappa shape index (κ2) is 12.8. The van der Waals surface area contributed by atoms with Crippen molar-refractivity contribution in [2.45, 2.75) is 40.5 Å². The van der Waals surface area contributed by atoms with Gasteiger partial charge in [-0.15, -0.1) is 0 Å². The Kier molecular flexibility index (Phi) is 10.4. The number of allylic oxidation sites excluding steroid dienone is 2. The lowest BCUT2D eigenvalue weighted by atomic mass is 9.82. The molecule has 2 rings (SSSR count). The first kappa shape index (κ1) is 26.1. The summed E-state index contributed by atoms with van der Waals surface area (Å²) < 4.78 is 10.9. The van der Waals surface area contributed by atoms with Gasteiger partial charge >= 0.3 is 0 Å². The first-order chi connectivity index (χ1) is 15.2. The lowest BCUT2D eigenvalue weighted by Crippen LogP contribution is -2.40. The molecule has 0 aliphatic carbocycles. The number of carbonyl (C=O) groups excluding carboxylic acids is 2. The number of hydrogen-bond acceptors (Lipinski definition) is 7. The highest BCUT2D eigenvalue weighted by Gasteiger charge is 2.25. The van der Waals surface area contributed by atoms with E-state index in [9.17, 15) is 9.59 Å². The number of nitrogens with zero attached hydrogens (tertiary/aromatic N) is 2. The molecular formula is C23H35ClN4O4. The Morgan fingerprint density at radius 1 is 1.38 bits per heavy atom. The van der Waals surface area contributed by atoms with Crippen LogP contribution in [0.1, 0.15) is 39.7 Å². The van der Waals surface area contributed by atoms with Gasteiger partial charge in [0.05, 0.1) is 30.5 Å². The Morgan fingerprint density at radius 2 is 2.09 bits per heavy atom. The van der Waals surface area contributed by atoms with E-state index in [4.69, 9.17) is 21.1 Å². The van der Waals surface area contributed by atoms with Gasteiger partial charge in [-0.2, -0.15) is 0 Å². The maximum absolute atomic E-state index is 12.7. The van der Waals surface area contributed by atoms with Gasteiger partial charge in [0, 0.05) is 50.1 Å². The molecule has 0 radical (unpaired) electrons. The second-order valence-electron chi connectivity index (χ2n) is 8.65. The van der Waals surface area contributed by atoms with E-state index in [1.165, 1.54) is 0 Å². The number of carbonyl (C=O) groups is 2. The van der Waals surface area contributed by atoms with E-state index in [0.29, 0.717) is 42.5 Å². The molecule has 0 atom stereocenters. The summed E-state index contributed by atoms with van der Waals surface area (Å²) in [5, 5.41) is 6.50. The van der Waals surface area contributed by atoms with Crippen LogP contribution in [0.4, 0.5) is 0 Å². The smallest absolute Gasteiger partial charge is 0.225 e. The van der Waals surface area contributed by atoms with E-state index in [2.05, 4.69) is 20.5 Å². The van der Waals surface area contributed by atoms with E-state index in [-0.39, 0.29) is 18.0 Å². The summed E-state index contributed by atoms with van der Waals surface area (Å²) in [6, 6.07) is 1.82. The Balaban J connectivity index is 1.92. The van der Waals surface area contributed by atoms with Gasteiger partial charge in [-0.3, -0.25) is 14.5 Å². The maximum atomic E-state index is 12.7. The van der Waals surface area contributed by atoms with Gasteiger partial charge in [0.15, 0.2) is 6.29 Å². The fourth-order valence-electron chi connectivity index (χ4n) is 3.60. The first-order valence-corrected chi connectivity index (χ1v) is 11.4. The molecule has 1 aromatic rings. The maximum Gasteiger partial charge on any atom is 0.225 e. The van der Waals surface area contributed by atoms with Gasteiger partial charge in [0.2, 0.25) is 11.8 Å². The monoisotopic (exact) mass is 466 g/mol. The number of hydrogen-bond donors (Lipinski definition) is 2. The fraction of sp³-hybridized carbons (Fsp3) is 0.609. The Bertz CT molecular complexity index is 807. The summed E-state index contributed by atoms with van der Waals surface area (Å²) in [4.78, 5) is 30.8. The Hall–Kier alpha value is -2.16. The number of halogens is 1. The number of aromatic nitrogens is 1. The van der Waals surface area contributed by atoms with E-state index < -0.39 is 5.41 Å². The minimum Gasteiger partial charge on any atom is -0.478 e. The highest BCUT2D eigenvalue weighted by Crippen LogP contribution is 2.31. The number of amides is 1. The molecule has 0 saturated carbocycles. The zero-order valence-corrected chi connectivity index (χ0v) is 20.3. The van der Waals surface area contributed by atoms with Crippen LogP contribution in [-0.2, 0) is 20.7 Å². The zero-order valence-electron chi connectivity index (χ0n) is 19.5. The van der Waals surface area contributed by atoms with Gasteiger partial charge in [-0.25, -0.2) is 4.98 Å². The number of nitrogens with one attached hydrogen (secondary N) is 2. The zero-order chi connectivity index (χ0) is 23.6. The van der Waals surface area contributed by atoms with E-state index >= 15 is 0 Å². The molecule has 32 heavy (non-hydrogen) atoms. The van der Waals surface area contributed by atoms with Crippen molar-refractivity contribution in [2.24, 2.45) is 5.41 Å². The molecule has 1 amide bonds. The van der Waals surface area contributed by atoms with Gasteiger partial charge in [0.25, 0.3) is 0 Å². The lowest BCUT2D eigenvalue weighted by molar-refractivity contribution is -0.123. The van der Waals surface area contributed by atoms with Gasteiger partial charge in [0.1, 0.15) is 0 Å². The van der Waals surface area contributed by atoms with E-state index in [0.717, 1.165) is 38.4 Å². The van der Waals surface area contributed by atoms with Crippen LogP contribution in [0.2, 0.25) is 5.02 Å². The highest BCUT2D eigenvalue weighted by molar-refractivity contribution is 6.30. The van der Waals surface area contributed by atoms with Crippen molar-refractivity contribution in [3.63, 3.8) is 0 Å². The number of aldehydes is 1. The van der Waals surface area contributed by atoms with Crippen LogP contribution in [0.5, 0.6) is 5.88 Å². The van der Waals surface area contributed by atoms with Crippen molar-refractivity contribution in [1.29, 1.82) is 0 Å². The molecule has 2 heterocycles. The SMILES string of the molecule is CCOc1ncc(Cl)cc1CC(C)(C)CC(=O)N/C(C=O)=C(\C)NCCN1CCOCC1. The molecule has 0 bridgehead atoms. The summed E-state index contributed by atoms with van der Waals surface area (Å²) in [5.41, 5.74) is 1.36. The highest BCUT2D eigenvalue weighted by atomic mass is 35.5. The molecule has 8 nitrogen and oxygen atoms in total. The summed E-state index contributed by atoms with van der Waals surface area (Å²) in [5.74, 6) is 0.304. The summed E-state index contributed by atoms with van der Waals surface area (Å²) in [7, 11) is 0. The van der Waals surface area contributed by atoms with Crippen molar-refractivity contribution in [3.8, 4) is 5.88 Å². The van der Waals surface area contributed by atoms with Crippen molar-refractivity contribution < 1.29 is 19.1 Å². The van der Waals surface area contributed by atoms with Crippen LogP contribution < -0.4 is 15.4 Å². The van der Waals surface area contributed by atoms with Gasteiger partial charge in [-0.05, 0) is 31.7 Å². The third-order valence-corrected chi connectivity index (χ3v) is 5.41. The number of morpholine rings is 1. The van der Waals surface area contributed by atoms with Crippen molar-refractivity contribution in [1.82, 2.24) is 20.5 Å². The number of rotatable bonds is 12. The predicted octanol–water partition coefficient (Wildman–Crippen LogP) is 2.56. The molecular weight excluding hydrogens is 432 g/mol. The molecule has 1 fully saturated rings. The average Bonchev–Trinajstić information content (AvgIpc) is 2.74. The summed E-state index contributed by atoms with van der Waals surface area (Å²) >= 11 is 6.11. The second-order valence-corrected chi connectivity index (χ2v) is 9.09. The summed E-state index contributed by atoms with van der Waals surface area (Å²) in [6.07, 6.45) is 3.01. The first-order valence-electron chi connectivity index (χ1n) is 11.0. The molecule has 1 aliphatic rings. The molecule has 1 aromatic heterocycles. The van der Waals surface area contributed by atoms with Crippen LogP contribution in [0.3, 0.4) is 0 Å². The third-order valence-electron chi connectivity index (χ3n) is 5.20. The van der Waals surface area contributed by atoms with Crippen LogP contribution in [0, 0.1) is 5.41 Å². The van der Waals surface area contributed by atoms with E-state index in [1.54, 1.807) is 13.1 Å². The minimum atomic E-state index is -0.395. The van der Waals surface area contributed by atoms with Crippen LogP contribution in [-0.4, -0.2) is 68.1 Å². The fourth-order valence-corrected chi connectivity index (χ4v) is 3.78. The molecule has 178 valence electrons. The van der Waals surface area contributed by atoms with Crippen molar-refractivity contribution in [2.75, 3.05) is 46.0 Å². The van der Waals surface area contributed by atoms with Crippen molar-refractivity contribution >= 4 is 23.8 Å². The predicted molar refractivity (Wildman–Crippen MR) is 125 cm³/mol. The molecule has 1 saturated heterocycles. The van der Waals surface area contributed by atoms with E-state index in [1.807, 2.05) is 26.8 Å². The molecule has 9 heteroatoms. The molecule has 1 aliphatic heterocycles. The van der Waals surface area contributed by atoms with Crippen LogP contribution >= 0.6 is 11.6 Å². The van der Waals surface area contributed by atoms with Crippen LogP contribution in [0.15, 0.2) is 23.7 Å². The molecule has 0 spiro atoms. The lowest BCUT2D eigenvalue weighted by Gasteiger charge is -2.27. The van der Waals surface area contributed by atoms with Gasteiger partial charge < -0.3 is 20.1 Å². The summed E-state index contributed by atoms with van der Waals surface area (Å²) in [6.45, 7) is 13.0. The molecule has 0 unspecified atom stereocenters. The van der Waals surface area contributed by atoms with Gasteiger partial charge in [-0.1, -0.05) is 25.4 Å². The molecule has 2 N–H and O–H groups in total. The largest absolute Gasteiger partial charge is 0.478 e. The topological polar surface area (TPSA) is 92.8 Å². The Morgan fingerprint density at radius 3 is 2.75 bits per heavy atom. The number of ether oxygens (including phenoxy) is 2. The van der Waals surface area contributed by atoms with Crippen molar-refractivity contribution in [3.05, 3.63) is 34.2 Å².